The van der Waals surface area contributed by atoms with Crippen LogP contribution in [-0.4, -0.2) is 4.98 Å². The Bertz CT molecular complexity index is 1410. The minimum atomic E-state index is 0.318. The average Bonchev–Trinajstić information content (AvgIpc) is 3.50. The van der Waals surface area contributed by atoms with Crippen molar-refractivity contribution in [3.63, 3.8) is 0 Å². The molecule has 0 aliphatic heterocycles. The van der Waals surface area contributed by atoms with Gasteiger partial charge in [-0.2, -0.15) is 5.26 Å². The van der Waals surface area contributed by atoms with Crippen LogP contribution in [-0.2, 0) is 18.4 Å². The minimum absolute atomic E-state index is 0.318. The first-order valence-electron chi connectivity index (χ1n) is 12.7. The highest BCUT2D eigenvalue weighted by Crippen LogP contribution is 2.60. The molecule has 0 spiro atoms. The number of ether oxygens (including phenoxy) is 1. The number of benzene rings is 2. The summed E-state index contributed by atoms with van der Waals surface area (Å²) in [6.07, 6.45) is 8.75. The van der Waals surface area contributed by atoms with Crippen LogP contribution in [0.15, 0.2) is 58.3 Å². The number of fused-ring (bicyclic) bond motifs is 1. The number of furan rings is 1. The molecule has 4 aliphatic carbocycles. The second-order valence-corrected chi connectivity index (χ2v) is 11.8. The van der Waals surface area contributed by atoms with E-state index in [1.54, 1.807) is 11.3 Å². The summed E-state index contributed by atoms with van der Waals surface area (Å²) in [6.45, 7) is 0.439. The van der Waals surface area contributed by atoms with E-state index in [0.29, 0.717) is 18.4 Å². The van der Waals surface area contributed by atoms with Gasteiger partial charge in [0.05, 0.1) is 18.2 Å². The molecule has 0 amide bonds. The van der Waals surface area contributed by atoms with E-state index in [2.05, 4.69) is 17.5 Å². The molecule has 0 saturated heterocycles. The quantitative estimate of drug-likeness (QED) is 0.284. The van der Waals surface area contributed by atoms with E-state index >= 15 is 0 Å². The van der Waals surface area contributed by atoms with Crippen LogP contribution in [0.5, 0.6) is 5.75 Å². The topological polar surface area (TPSA) is 59.0 Å². The van der Waals surface area contributed by atoms with Crippen LogP contribution >= 0.6 is 11.3 Å². The maximum atomic E-state index is 9.07. The molecule has 4 fully saturated rings. The Kier molecular flexibility index (Phi) is 4.99. The van der Waals surface area contributed by atoms with E-state index in [0.717, 1.165) is 56.4 Å². The number of hydrogen-bond acceptors (Lipinski definition) is 5. The minimum Gasteiger partial charge on any atom is -0.489 e. The second-order valence-electron chi connectivity index (χ2n) is 10.9. The van der Waals surface area contributed by atoms with Crippen LogP contribution in [0.25, 0.3) is 21.7 Å². The van der Waals surface area contributed by atoms with Gasteiger partial charge in [-0.1, -0.05) is 24.3 Å². The number of nitrogens with zero attached hydrogens (tertiary/aromatic N) is 2. The molecule has 2 aromatic carbocycles. The third-order valence-corrected chi connectivity index (χ3v) is 9.42. The molecule has 5 heteroatoms. The highest BCUT2D eigenvalue weighted by molar-refractivity contribution is 7.13. The van der Waals surface area contributed by atoms with Crippen molar-refractivity contribution >= 4 is 22.3 Å². The van der Waals surface area contributed by atoms with E-state index in [4.69, 9.17) is 19.4 Å². The molecular formula is C30H28N2O2S. The zero-order valence-electron chi connectivity index (χ0n) is 19.7. The fourth-order valence-corrected chi connectivity index (χ4v) is 8.28. The van der Waals surface area contributed by atoms with Crippen LogP contribution < -0.4 is 4.74 Å². The normalized spacial score (nSPS) is 26.8. The molecule has 0 unspecified atom stereocenters. The summed E-state index contributed by atoms with van der Waals surface area (Å²) in [5, 5.41) is 13.4. The Hall–Kier alpha value is -3.10. The van der Waals surface area contributed by atoms with E-state index in [9.17, 15) is 0 Å². The molecule has 0 radical (unpaired) electrons. The summed E-state index contributed by atoms with van der Waals surface area (Å²) in [5.74, 6) is 4.40. The third-order valence-electron chi connectivity index (χ3n) is 8.57. The van der Waals surface area contributed by atoms with E-state index in [1.165, 1.54) is 44.2 Å². The predicted octanol–water partition coefficient (Wildman–Crippen LogP) is 7.67. The molecular weight excluding hydrogens is 452 g/mol. The van der Waals surface area contributed by atoms with Crippen molar-refractivity contribution < 1.29 is 9.15 Å². The standard InChI is InChI=1S/C30H28N2O2S/c31-8-7-22-3-1-2-4-23(22)17-33-25-5-6-26-24(12-25)13-27(34-26)29-32-28(18-35-29)30-14-19-9-20(15-30)11-21(10-19)16-30/h1-6,12-13,18-21H,7,9-11,14-17H2. The van der Waals surface area contributed by atoms with Crippen molar-refractivity contribution in [3.8, 4) is 22.6 Å². The van der Waals surface area contributed by atoms with Crippen molar-refractivity contribution in [2.45, 2.75) is 57.0 Å². The molecule has 2 heterocycles. The van der Waals surface area contributed by atoms with Crippen molar-refractivity contribution in [2.24, 2.45) is 17.8 Å². The van der Waals surface area contributed by atoms with Crippen LogP contribution in [0, 0.1) is 29.1 Å². The molecule has 4 aromatic rings. The summed E-state index contributed by atoms with van der Waals surface area (Å²) in [4.78, 5) is 5.16. The van der Waals surface area contributed by atoms with Gasteiger partial charge in [-0.3, -0.25) is 0 Å². The van der Waals surface area contributed by atoms with Gasteiger partial charge in [-0.05, 0) is 91.7 Å². The van der Waals surface area contributed by atoms with Crippen molar-refractivity contribution in [1.82, 2.24) is 4.98 Å². The summed E-state index contributed by atoms with van der Waals surface area (Å²) < 4.78 is 12.3. The molecule has 8 rings (SSSR count). The lowest BCUT2D eigenvalue weighted by atomic mass is 9.49. The molecule has 0 N–H and O–H groups in total. The SMILES string of the molecule is N#CCc1ccccc1COc1ccc2oc(-c3nc(C45CC6CC(CC(C6)C4)C5)cs3)cc2c1. The predicted molar refractivity (Wildman–Crippen MR) is 137 cm³/mol. The third kappa shape index (κ3) is 3.76. The first kappa shape index (κ1) is 21.2. The van der Waals surface area contributed by atoms with Gasteiger partial charge in [-0.15, -0.1) is 11.3 Å². The summed E-state index contributed by atoms with van der Waals surface area (Å²) >= 11 is 1.72. The summed E-state index contributed by atoms with van der Waals surface area (Å²) in [5.41, 5.74) is 4.54. The van der Waals surface area contributed by atoms with Crippen LogP contribution in [0.3, 0.4) is 0 Å². The van der Waals surface area contributed by atoms with Crippen LogP contribution in [0.2, 0.25) is 0 Å². The van der Waals surface area contributed by atoms with Crippen molar-refractivity contribution in [1.29, 1.82) is 5.26 Å². The molecule has 176 valence electrons. The molecule has 2 aromatic heterocycles. The lowest BCUT2D eigenvalue weighted by Gasteiger charge is -2.56. The van der Waals surface area contributed by atoms with Gasteiger partial charge in [0.2, 0.25) is 0 Å². The number of nitriles is 1. The number of rotatable bonds is 6. The zero-order valence-corrected chi connectivity index (χ0v) is 20.5. The summed E-state index contributed by atoms with van der Waals surface area (Å²) in [7, 11) is 0. The maximum absolute atomic E-state index is 9.07. The van der Waals surface area contributed by atoms with Gasteiger partial charge in [0, 0.05) is 16.2 Å². The Morgan fingerprint density at radius 1 is 1.00 bits per heavy atom. The Morgan fingerprint density at radius 3 is 2.49 bits per heavy atom. The van der Waals surface area contributed by atoms with Crippen LogP contribution in [0.1, 0.15) is 55.3 Å². The Labute approximate surface area is 209 Å². The second kappa shape index (κ2) is 8.24. The lowest BCUT2D eigenvalue weighted by molar-refractivity contribution is -0.00689. The Morgan fingerprint density at radius 2 is 1.74 bits per heavy atom. The van der Waals surface area contributed by atoms with Gasteiger partial charge in [0.25, 0.3) is 0 Å². The average molecular weight is 481 g/mol. The summed E-state index contributed by atoms with van der Waals surface area (Å²) in [6, 6.07) is 18.2. The van der Waals surface area contributed by atoms with E-state index in [1.807, 2.05) is 42.5 Å². The van der Waals surface area contributed by atoms with Gasteiger partial charge >= 0.3 is 0 Å². The molecule has 0 atom stereocenters. The zero-order chi connectivity index (χ0) is 23.4. The molecule has 35 heavy (non-hydrogen) atoms. The maximum Gasteiger partial charge on any atom is 0.164 e. The monoisotopic (exact) mass is 480 g/mol. The molecule has 4 nitrogen and oxygen atoms in total. The van der Waals surface area contributed by atoms with Gasteiger partial charge < -0.3 is 9.15 Å². The van der Waals surface area contributed by atoms with Gasteiger partial charge in [-0.25, -0.2) is 4.98 Å². The van der Waals surface area contributed by atoms with E-state index < -0.39 is 0 Å². The largest absolute Gasteiger partial charge is 0.489 e. The van der Waals surface area contributed by atoms with Gasteiger partial charge in [0.1, 0.15) is 17.9 Å². The fourth-order valence-electron chi connectivity index (χ4n) is 7.39. The number of aromatic nitrogens is 1. The fraction of sp³-hybridized carbons (Fsp3) is 0.400. The van der Waals surface area contributed by atoms with Crippen molar-refractivity contribution in [2.75, 3.05) is 0 Å². The molecule has 4 aliphatic rings. The lowest BCUT2D eigenvalue weighted by Crippen LogP contribution is -2.48. The highest BCUT2D eigenvalue weighted by atomic mass is 32.1. The van der Waals surface area contributed by atoms with Gasteiger partial charge in [0.15, 0.2) is 10.8 Å². The number of hydrogen-bond donors (Lipinski definition) is 0. The van der Waals surface area contributed by atoms with Crippen LogP contribution in [0.4, 0.5) is 0 Å². The molecule has 4 bridgehead atoms. The smallest absolute Gasteiger partial charge is 0.164 e. The Balaban J connectivity index is 1.12. The molecule has 4 saturated carbocycles. The number of thiazole rings is 1. The first-order chi connectivity index (χ1) is 17.2. The van der Waals surface area contributed by atoms with Crippen molar-refractivity contribution in [3.05, 3.63) is 70.7 Å². The first-order valence-corrected chi connectivity index (χ1v) is 13.6. The highest BCUT2D eigenvalue weighted by Gasteiger charge is 2.52. The van der Waals surface area contributed by atoms with E-state index in [-0.39, 0.29) is 0 Å².